The van der Waals surface area contributed by atoms with Gasteiger partial charge in [-0.25, -0.2) is 14.4 Å². The number of aromatic nitrogens is 2. The fourth-order valence-corrected chi connectivity index (χ4v) is 2.18. The van der Waals surface area contributed by atoms with Gasteiger partial charge in [-0.15, -0.1) is 0 Å². The molecular weight excluding hydrogens is 331 g/mol. The summed E-state index contributed by atoms with van der Waals surface area (Å²) in [4.78, 5) is 8.53. The van der Waals surface area contributed by atoms with Crippen LogP contribution in [-0.4, -0.2) is 23.3 Å². The van der Waals surface area contributed by atoms with E-state index in [1.807, 2.05) is 6.26 Å². The minimum atomic E-state index is -0.335. The van der Waals surface area contributed by atoms with Gasteiger partial charge in [-0.05, 0) is 24.5 Å². The van der Waals surface area contributed by atoms with Crippen LogP contribution in [-0.2, 0) is 0 Å². The molecule has 0 saturated heterocycles. The monoisotopic (exact) mass is 342 g/mol. The average Bonchev–Trinajstić information content (AvgIpc) is 2.42. The first-order valence-corrected chi connectivity index (χ1v) is 7.47. The molecule has 2 aromatic rings. The van der Waals surface area contributed by atoms with Gasteiger partial charge in [-0.3, -0.25) is 0 Å². The van der Waals surface area contributed by atoms with Crippen molar-refractivity contribution in [3.63, 3.8) is 0 Å². The van der Waals surface area contributed by atoms with Crippen molar-refractivity contribution in [3.05, 3.63) is 34.6 Å². The van der Waals surface area contributed by atoms with Crippen LogP contribution in [0.25, 0.3) is 0 Å². The molecule has 0 aliphatic rings. The van der Waals surface area contributed by atoms with Crippen LogP contribution in [0.15, 0.2) is 33.9 Å². The van der Waals surface area contributed by atoms with Crippen LogP contribution < -0.4 is 10.6 Å². The molecule has 0 aliphatic carbocycles. The molecular formula is C12H12BrFN4S. The number of anilines is 3. The molecule has 0 saturated carbocycles. The second-order valence-corrected chi connectivity index (χ2v) is 5.31. The van der Waals surface area contributed by atoms with E-state index < -0.39 is 0 Å². The molecule has 19 heavy (non-hydrogen) atoms. The number of halogens is 2. The van der Waals surface area contributed by atoms with Crippen molar-refractivity contribution in [2.75, 3.05) is 23.9 Å². The van der Waals surface area contributed by atoms with Crippen LogP contribution in [0, 0.1) is 5.82 Å². The Kier molecular flexibility index (Phi) is 4.60. The second-order valence-electron chi connectivity index (χ2n) is 3.62. The molecule has 0 radical (unpaired) electrons. The highest BCUT2D eigenvalue weighted by Crippen LogP contribution is 2.25. The van der Waals surface area contributed by atoms with Crippen LogP contribution in [0.1, 0.15) is 0 Å². The van der Waals surface area contributed by atoms with E-state index in [9.17, 15) is 4.39 Å². The Hall–Kier alpha value is -1.34. The predicted molar refractivity (Wildman–Crippen MR) is 80.7 cm³/mol. The van der Waals surface area contributed by atoms with Gasteiger partial charge in [0.2, 0.25) is 0 Å². The Bertz CT molecular complexity index is 572. The number of nitrogens with one attached hydrogen (secondary N) is 2. The fraction of sp³-hybridized carbons (Fsp3) is 0.167. The van der Waals surface area contributed by atoms with Crippen molar-refractivity contribution in [2.24, 2.45) is 0 Å². The lowest BCUT2D eigenvalue weighted by molar-refractivity contribution is 0.631. The third kappa shape index (κ3) is 3.57. The molecule has 1 aromatic heterocycles. The summed E-state index contributed by atoms with van der Waals surface area (Å²) in [5, 5.41) is 6.51. The molecule has 1 aromatic carbocycles. The van der Waals surface area contributed by atoms with E-state index >= 15 is 0 Å². The third-order valence-electron chi connectivity index (χ3n) is 2.34. The summed E-state index contributed by atoms with van der Waals surface area (Å²) in [6, 6.07) is 6.42. The van der Waals surface area contributed by atoms with E-state index in [4.69, 9.17) is 0 Å². The Morgan fingerprint density at radius 3 is 2.63 bits per heavy atom. The molecule has 0 atom stereocenters. The molecule has 7 heteroatoms. The molecule has 0 fully saturated rings. The third-order valence-corrected chi connectivity index (χ3v) is 3.38. The van der Waals surface area contributed by atoms with Crippen molar-refractivity contribution in [1.29, 1.82) is 0 Å². The summed E-state index contributed by atoms with van der Waals surface area (Å²) in [7, 11) is 1.77. The molecule has 0 bridgehead atoms. The number of thioether (sulfide) groups is 1. The largest absolute Gasteiger partial charge is 0.373 e. The van der Waals surface area contributed by atoms with Crippen LogP contribution in [0.3, 0.4) is 0 Å². The lowest BCUT2D eigenvalue weighted by Gasteiger charge is -2.10. The molecule has 0 unspecified atom stereocenters. The van der Waals surface area contributed by atoms with Crippen molar-refractivity contribution in [1.82, 2.24) is 9.97 Å². The quantitative estimate of drug-likeness (QED) is 0.652. The van der Waals surface area contributed by atoms with E-state index in [2.05, 4.69) is 36.5 Å². The van der Waals surface area contributed by atoms with Crippen LogP contribution >= 0.6 is 27.7 Å². The highest BCUT2D eigenvalue weighted by Gasteiger charge is 2.07. The zero-order valence-corrected chi connectivity index (χ0v) is 12.8. The van der Waals surface area contributed by atoms with Crippen molar-refractivity contribution in [2.45, 2.75) is 5.16 Å². The molecule has 0 spiro atoms. The van der Waals surface area contributed by atoms with Crippen LogP contribution in [0.2, 0.25) is 0 Å². The number of hydrogen-bond acceptors (Lipinski definition) is 5. The lowest BCUT2D eigenvalue weighted by atomic mass is 10.3. The predicted octanol–water partition coefficient (Wildman–Crippen LogP) is 3.89. The lowest BCUT2D eigenvalue weighted by Crippen LogP contribution is -2.01. The minimum absolute atomic E-state index is 0.335. The summed E-state index contributed by atoms with van der Waals surface area (Å²) < 4.78 is 14.5. The number of hydrogen-bond donors (Lipinski definition) is 2. The molecule has 2 rings (SSSR count). The molecule has 1 heterocycles. The van der Waals surface area contributed by atoms with Gasteiger partial charge in [0, 0.05) is 17.6 Å². The van der Waals surface area contributed by atoms with E-state index in [0.29, 0.717) is 22.5 Å². The van der Waals surface area contributed by atoms with Crippen LogP contribution in [0.4, 0.5) is 21.7 Å². The summed E-state index contributed by atoms with van der Waals surface area (Å²) in [5.41, 5.74) is 0.363. The first-order valence-electron chi connectivity index (χ1n) is 5.45. The van der Waals surface area contributed by atoms with Gasteiger partial charge in [0.05, 0.1) is 5.69 Å². The molecule has 100 valence electrons. The molecule has 0 aliphatic heterocycles. The van der Waals surface area contributed by atoms with Gasteiger partial charge in [-0.2, -0.15) is 0 Å². The summed E-state index contributed by atoms with van der Waals surface area (Å²) in [5.74, 6) is 0.886. The van der Waals surface area contributed by atoms with Crippen molar-refractivity contribution in [3.8, 4) is 0 Å². The standard InChI is InChI=1S/C12H12BrFN4S/c1-15-10-6-11(18-12(17-10)19-2)16-9-5-7(13)3-4-8(9)14/h3-6H,1-2H3,(H2,15,16,17,18). The van der Waals surface area contributed by atoms with Gasteiger partial charge in [0.15, 0.2) is 5.16 Å². The van der Waals surface area contributed by atoms with E-state index in [-0.39, 0.29) is 5.82 Å². The van der Waals surface area contributed by atoms with E-state index in [1.54, 1.807) is 25.2 Å². The zero-order chi connectivity index (χ0) is 13.8. The second kappa shape index (κ2) is 6.21. The first-order chi connectivity index (χ1) is 9.12. The maximum absolute atomic E-state index is 13.7. The summed E-state index contributed by atoms with van der Waals surface area (Å²) in [6.07, 6.45) is 1.89. The zero-order valence-electron chi connectivity index (χ0n) is 10.4. The van der Waals surface area contributed by atoms with Gasteiger partial charge in [0.25, 0.3) is 0 Å². The molecule has 4 nitrogen and oxygen atoms in total. The van der Waals surface area contributed by atoms with Gasteiger partial charge in [-0.1, -0.05) is 27.7 Å². The molecule has 2 N–H and O–H groups in total. The summed E-state index contributed by atoms with van der Waals surface area (Å²) in [6.45, 7) is 0. The van der Waals surface area contributed by atoms with Gasteiger partial charge in [0.1, 0.15) is 17.5 Å². The Balaban J connectivity index is 2.34. The van der Waals surface area contributed by atoms with E-state index in [1.165, 1.54) is 17.8 Å². The first kappa shape index (κ1) is 14.1. The molecule has 0 amide bonds. The maximum atomic E-state index is 13.7. The van der Waals surface area contributed by atoms with Crippen molar-refractivity contribution >= 4 is 45.0 Å². The van der Waals surface area contributed by atoms with Gasteiger partial charge >= 0.3 is 0 Å². The topological polar surface area (TPSA) is 49.8 Å². The van der Waals surface area contributed by atoms with Crippen molar-refractivity contribution < 1.29 is 4.39 Å². The SMILES string of the molecule is CNc1cc(Nc2cc(Br)ccc2F)nc(SC)n1. The minimum Gasteiger partial charge on any atom is -0.373 e. The highest BCUT2D eigenvalue weighted by molar-refractivity contribution is 9.10. The average molecular weight is 343 g/mol. The van der Waals surface area contributed by atoms with E-state index in [0.717, 1.165) is 4.47 Å². The smallest absolute Gasteiger partial charge is 0.191 e. The highest BCUT2D eigenvalue weighted by atomic mass is 79.9. The Morgan fingerprint density at radius 2 is 1.95 bits per heavy atom. The maximum Gasteiger partial charge on any atom is 0.191 e. The van der Waals surface area contributed by atoms with Gasteiger partial charge < -0.3 is 10.6 Å². The number of rotatable bonds is 4. The number of benzene rings is 1. The van der Waals surface area contributed by atoms with Crippen LogP contribution in [0.5, 0.6) is 0 Å². The number of nitrogens with zero attached hydrogens (tertiary/aromatic N) is 2. The Morgan fingerprint density at radius 1 is 1.21 bits per heavy atom. The fourth-order valence-electron chi connectivity index (χ4n) is 1.44. The normalized spacial score (nSPS) is 10.3. The Labute approximate surface area is 123 Å². The summed E-state index contributed by atoms with van der Waals surface area (Å²) >= 11 is 4.74.